The molecule has 0 saturated carbocycles. The van der Waals surface area contributed by atoms with Gasteiger partial charge < -0.3 is 14.4 Å². The number of amides is 1. The van der Waals surface area contributed by atoms with E-state index in [1.807, 2.05) is 60.7 Å². The van der Waals surface area contributed by atoms with Crippen molar-refractivity contribution in [1.29, 1.82) is 5.26 Å². The summed E-state index contributed by atoms with van der Waals surface area (Å²) in [4.78, 5) is 22.3. The van der Waals surface area contributed by atoms with Crippen LogP contribution < -0.4 is 9.47 Å². The number of aromatic nitrogens is 2. The molecular weight excluding hydrogens is 416 g/mol. The molecule has 1 aliphatic heterocycles. The summed E-state index contributed by atoms with van der Waals surface area (Å²) in [7, 11) is 0. The average Bonchev–Trinajstić information content (AvgIpc) is 2.88. The van der Waals surface area contributed by atoms with Crippen LogP contribution in [0.15, 0.2) is 79.3 Å². The Morgan fingerprint density at radius 1 is 1.09 bits per heavy atom. The van der Waals surface area contributed by atoms with Gasteiger partial charge in [-0.15, -0.1) is 0 Å². The van der Waals surface area contributed by atoms with Crippen molar-refractivity contribution in [3.8, 4) is 34.6 Å². The number of hydrogen-bond acceptors (Lipinski definition) is 6. The van der Waals surface area contributed by atoms with E-state index in [9.17, 15) is 4.79 Å². The van der Waals surface area contributed by atoms with E-state index < -0.39 is 0 Å². The molecule has 7 nitrogen and oxygen atoms in total. The lowest BCUT2D eigenvalue weighted by Gasteiger charge is -2.31. The molecule has 0 atom stereocenters. The normalized spacial score (nSPS) is 13.7. The third kappa shape index (κ3) is 5.55. The molecule has 33 heavy (non-hydrogen) atoms. The zero-order valence-corrected chi connectivity index (χ0v) is 18.2. The van der Waals surface area contributed by atoms with Gasteiger partial charge in [0.25, 0.3) is 5.91 Å². The van der Waals surface area contributed by atoms with Crippen LogP contribution in [0.4, 0.5) is 0 Å². The van der Waals surface area contributed by atoms with Crippen LogP contribution in [0.3, 0.4) is 0 Å². The van der Waals surface area contributed by atoms with Crippen molar-refractivity contribution < 1.29 is 14.3 Å². The van der Waals surface area contributed by atoms with E-state index in [4.69, 9.17) is 14.7 Å². The molecule has 2 aromatic carbocycles. The van der Waals surface area contributed by atoms with Gasteiger partial charge in [-0.3, -0.25) is 4.79 Å². The van der Waals surface area contributed by atoms with E-state index in [0.29, 0.717) is 31.5 Å². The second-order valence-electron chi connectivity index (χ2n) is 7.82. The molecule has 1 saturated heterocycles. The van der Waals surface area contributed by atoms with Gasteiger partial charge in [0.15, 0.2) is 0 Å². The molecule has 0 bridgehead atoms. The van der Waals surface area contributed by atoms with Crippen molar-refractivity contribution in [3.63, 3.8) is 0 Å². The predicted molar refractivity (Wildman–Crippen MR) is 124 cm³/mol. The Balaban J connectivity index is 1.36. The second kappa shape index (κ2) is 10.4. The SMILES string of the molecule is C=C(C#N)C(=O)N1CCC(COc2ncncc2-c2ccc(Oc3ccccc3)cc2)CC1. The summed E-state index contributed by atoms with van der Waals surface area (Å²) >= 11 is 0. The van der Waals surface area contributed by atoms with Crippen LogP contribution in [0.1, 0.15) is 12.8 Å². The van der Waals surface area contributed by atoms with Crippen LogP contribution in [0.25, 0.3) is 11.1 Å². The summed E-state index contributed by atoms with van der Waals surface area (Å²) in [6.45, 7) is 5.19. The number of nitriles is 1. The summed E-state index contributed by atoms with van der Waals surface area (Å²) in [5.41, 5.74) is 1.72. The Bertz CT molecular complexity index is 1150. The third-order valence-corrected chi connectivity index (χ3v) is 5.57. The molecule has 0 N–H and O–H groups in total. The molecule has 4 rings (SSSR count). The Labute approximate surface area is 192 Å². The van der Waals surface area contributed by atoms with Crippen molar-refractivity contribution in [2.45, 2.75) is 12.8 Å². The molecule has 7 heteroatoms. The highest BCUT2D eigenvalue weighted by Gasteiger charge is 2.25. The fourth-order valence-corrected chi connectivity index (χ4v) is 3.70. The van der Waals surface area contributed by atoms with Crippen LogP contribution in [0.5, 0.6) is 17.4 Å². The minimum atomic E-state index is -0.283. The fraction of sp³-hybridized carbons (Fsp3) is 0.231. The van der Waals surface area contributed by atoms with Gasteiger partial charge >= 0.3 is 0 Å². The van der Waals surface area contributed by atoms with E-state index in [1.54, 1.807) is 11.1 Å². The number of benzene rings is 2. The van der Waals surface area contributed by atoms with Crippen molar-refractivity contribution in [3.05, 3.63) is 79.3 Å². The molecule has 1 fully saturated rings. The molecule has 1 aliphatic rings. The summed E-state index contributed by atoms with van der Waals surface area (Å²) in [5.74, 6) is 2.06. The number of carbonyl (C=O) groups is 1. The lowest BCUT2D eigenvalue weighted by molar-refractivity contribution is -0.128. The smallest absolute Gasteiger partial charge is 0.263 e. The Morgan fingerprint density at radius 2 is 1.79 bits per heavy atom. The second-order valence-corrected chi connectivity index (χ2v) is 7.82. The van der Waals surface area contributed by atoms with Crippen LogP contribution in [-0.2, 0) is 4.79 Å². The van der Waals surface area contributed by atoms with Gasteiger partial charge in [-0.25, -0.2) is 9.97 Å². The van der Waals surface area contributed by atoms with Gasteiger partial charge in [0.05, 0.1) is 12.2 Å². The summed E-state index contributed by atoms with van der Waals surface area (Å²) in [6, 6.07) is 19.2. The number of carbonyl (C=O) groups excluding carboxylic acids is 1. The van der Waals surface area contributed by atoms with E-state index >= 15 is 0 Å². The zero-order valence-electron chi connectivity index (χ0n) is 18.2. The lowest BCUT2D eigenvalue weighted by atomic mass is 9.97. The van der Waals surface area contributed by atoms with E-state index in [-0.39, 0.29) is 11.5 Å². The first kappa shape index (κ1) is 22.0. The van der Waals surface area contributed by atoms with E-state index in [2.05, 4.69) is 16.5 Å². The number of ether oxygens (including phenoxy) is 2. The van der Waals surface area contributed by atoms with E-state index in [1.165, 1.54) is 6.33 Å². The summed E-state index contributed by atoms with van der Waals surface area (Å²) in [5, 5.41) is 8.86. The summed E-state index contributed by atoms with van der Waals surface area (Å²) in [6.07, 6.45) is 4.82. The fourth-order valence-electron chi connectivity index (χ4n) is 3.70. The maximum absolute atomic E-state index is 12.1. The quantitative estimate of drug-likeness (QED) is 0.393. The molecule has 166 valence electrons. The number of likely N-dealkylation sites (tertiary alicyclic amines) is 1. The summed E-state index contributed by atoms with van der Waals surface area (Å²) < 4.78 is 11.9. The first-order valence-electron chi connectivity index (χ1n) is 10.8. The third-order valence-electron chi connectivity index (χ3n) is 5.57. The average molecular weight is 441 g/mol. The molecule has 1 aromatic heterocycles. The first-order chi connectivity index (χ1) is 16.1. The minimum absolute atomic E-state index is 0.0180. The Morgan fingerprint density at radius 3 is 2.48 bits per heavy atom. The predicted octanol–water partition coefficient (Wildman–Crippen LogP) is 4.63. The van der Waals surface area contributed by atoms with Crippen molar-refractivity contribution >= 4 is 5.91 Å². The van der Waals surface area contributed by atoms with Gasteiger partial charge in [-0.05, 0) is 48.6 Å². The van der Waals surface area contributed by atoms with Gasteiger partial charge in [-0.1, -0.05) is 36.9 Å². The van der Waals surface area contributed by atoms with Crippen LogP contribution in [0.2, 0.25) is 0 Å². The monoisotopic (exact) mass is 440 g/mol. The van der Waals surface area contributed by atoms with Crippen LogP contribution in [-0.4, -0.2) is 40.5 Å². The van der Waals surface area contributed by atoms with Gasteiger partial charge in [0.2, 0.25) is 5.88 Å². The Kier molecular flexibility index (Phi) is 6.96. The molecule has 1 amide bonds. The molecule has 2 heterocycles. The number of nitrogens with zero attached hydrogens (tertiary/aromatic N) is 4. The first-order valence-corrected chi connectivity index (χ1v) is 10.8. The van der Waals surface area contributed by atoms with Gasteiger partial charge in [0.1, 0.15) is 29.5 Å². The Hall–Kier alpha value is -4.18. The maximum Gasteiger partial charge on any atom is 0.263 e. The lowest BCUT2D eigenvalue weighted by Crippen LogP contribution is -2.40. The molecule has 0 spiro atoms. The minimum Gasteiger partial charge on any atom is -0.477 e. The molecule has 0 aliphatic carbocycles. The number of para-hydroxylation sites is 1. The topological polar surface area (TPSA) is 88.3 Å². The number of hydrogen-bond donors (Lipinski definition) is 0. The zero-order chi connectivity index (χ0) is 23.0. The highest BCUT2D eigenvalue weighted by atomic mass is 16.5. The van der Waals surface area contributed by atoms with Crippen LogP contribution in [0, 0.1) is 17.2 Å². The van der Waals surface area contributed by atoms with Crippen molar-refractivity contribution in [2.75, 3.05) is 19.7 Å². The highest BCUT2D eigenvalue weighted by Crippen LogP contribution is 2.31. The number of piperidine rings is 1. The van der Waals surface area contributed by atoms with Gasteiger partial charge in [-0.2, -0.15) is 5.26 Å². The van der Waals surface area contributed by atoms with Crippen LogP contribution >= 0.6 is 0 Å². The molecule has 3 aromatic rings. The van der Waals surface area contributed by atoms with E-state index in [0.717, 1.165) is 35.5 Å². The molecule has 0 radical (unpaired) electrons. The van der Waals surface area contributed by atoms with Crippen molar-refractivity contribution in [1.82, 2.24) is 14.9 Å². The molecule has 0 unspecified atom stereocenters. The largest absolute Gasteiger partial charge is 0.477 e. The highest BCUT2D eigenvalue weighted by molar-refractivity contribution is 5.96. The standard InChI is InChI=1S/C26H24N4O3/c1-19(15-27)26(31)30-13-11-20(12-14-30)17-32-25-24(16-28-18-29-25)21-7-9-23(10-8-21)33-22-5-3-2-4-6-22/h2-10,16,18,20H,1,11-14,17H2. The van der Waals surface area contributed by atoms with Crippen molar-refractivity contribution in [2.24, 2.45) is 5.92 Å². The maximum atomic E-state index is 12.1. The molecular formula is C26H24N4O3. The van der Waals surface area contributed by atoms with Gasteiger partial charge in [0, 0.05) is 19.3 Å². The number of rotatable bonds is 7.